The van der Waals surface area contributed by atoms with Crippen molar-refractivity contribution in [2.24, 2.45) is 0 Å². The number of ether oxygens (including phenoxy) is 5. The van der Waals surface area contributed by atoms with Crippen LogP contribution >= 0.6 is 0 Å². The monoisotopic (exact) mass is 817 g/mol. The predicted molar refractivity (Wildman–Crippen MR) is 208 cm³/mol. The zero-order valence-electron chi connectivity index (χ0n) is 33.8. The summed E-state index contributed by atoms with van der Waals surface area (Å²) in [7, 11) is 2.22. The number of amides is 1. The number of aromatic hydroxyl groups is 2. The highest BCUT2D eigenvalue weighted by Crippen LogP contribution is 2.52. The molecule has 2 fully saturated rings. The van der Waals surface area contributed by atoms with Crippen molar-refractivity contribution in [2.75, 3.05) is 20.8 Å². The minimum atomic E-state index is -2.33. The maximum atomic E-state index is 14.0. The summed E-state index contributed by atoms with van der Waals surface area (Å²) in [5.41, 5.74) is -3.39. The van der Waals surface area contributed by atoms with E-state index in [0.717, 1.165) is 5.46 Å². The van der Waals surface area contributed by atoms with Crippen molar-refractivity contribution in [3.05, 3.63) is 81.4 Å². The highest BCUT2D eigenvalue weighted by molar-refractivity contribution is 6.62. The Morgan fingerprint density at radius 2 is 1.59 bits per heavy atom. The van der Waals surface area contributed by atoms with E-state index < -0.39 is 120 Å². The molecule has 59 heavy (non-hydrogen) atoms. The molecule has 0 aromatic heterocycles. The van der Waals surface area contributed by atoms with Gasteiger partial charge in [0.05, 0.1) is 53.3 Å². The van der Waals surface area contributed by atoms with Crippen LogP contribution in [0.1, 0.15) is 102 Å². The molecule has 2 heterocycles. The van der Waals surface area contributed by atoms with Crippen LogP contribution in [0, 0.1) is 0 Å². The van der Waals surface area contributed by atoms with Crippen molar-refractivity contribution in [3.63, 3.8) is 0 Å². The number of fused-ring (bicyclic) bond motifs is 3. The van der Waals surface area contributed by atoms with Crippen LogP contribution in [0.3, 0.4) is 0 Å². The van der Waals surface area contributed by atoms with Gasteiger partial charge < -0.3 is 58.7 Å². The number of phenols is 2. The lowest BCUT2D eigenvalue weighted by atomic mass is 9.72. The average molecular weight is 818 g/mol. The van der Waals surface area contributed by atoms with Crippen molar-refractivity contribution in [1.82, 2.24) is 5.32 Å². The third-order valence-electron chi connectivity index (χ3n) is 12.2. The van der Waals surface area contributed by atoms with Crippen LogP contribution in [0.2, 0.25) is 0 Å². The van der Waals surface area contributed by atoms with Crippen LogP contribution < -0.4 is 15.5 Å². The number of hydrogen-bond acceptors (Lipinski definition) is 15. The first-order chi connectivity index (χ1) is 27.8. The molecular weight excluding hydrogens is 769 g/mol. The number of carbonyl (C=O) groups is 4. The molecule has 314 valence electrons. The summed E-state index contributed by atoms with van der Waals surface area (Å²) in [5.74, 6) is -3.97. The zero-order valence-corrected chi connectivity index (χ0v) is 33.8. The lowest BCUT2D eigenvalue weighted by Crippen LogP contribution is -2.56. The third kappa shape index (κ3) is 7.38. The molecule has 3 aromatic rings. The summed E-state index contributed by atoms with van der Waals surface area (Å²) in [4.78, 5) is 54.0. The Bertz CT molecular complexity index is 2170. The fraction of sp³-hybridized carbons (Fsp3) is 0.476. The van der Waals surface area contributed by atoms with Gasteiger partial charge in [0.25, 0.3) is 0 Å². The number of aliphatic hydroxyl groups excluding tert-OH is 1. The smallest absolute Gasteiger partial charge is 0.494 e. The van der Waals surface area contributed by atoms with Gasteiger partial charge in [-0.05, 0) is 51.7 Å². The van der Waals surface area contributed by atoms with Crippen LogP contribution in [-0.4, -0.2) is 113 Å². The first-order valence-corrected chi connectivity index (χ1v) is 19.3. The lowest BCUT2D eigenvalue weighted by molar-refractivity contribution is -0.252. The quantitative estimate of drug-likeness (QED) is 0.115. The fourth-order valence-corrected chi connectivity index (χ4v) is 8.30. The molecule has 0 spiro atoms. The Labute approximate surface area is 340 Å². The molecular formula is C42H48BNO15. The van der Waals surface area contributed by atoms with Gasteiger partial charge in [-0.2, -0.15) is 0 Å². The normalized spacial score (nSPS) is 26.7. The number of benzene rings is 3. The molecule has 7 rings (SSSR count). The van der Waals surface area contributed by atoms with E-state index in [1.165, 1.54) is 32.4 Å². The Kier molecular flexibility index (Phi) is 11.2. The van der Waals surface area contributed by atoms with E-state index in [1.807, 2.05) is 39.8 Å². The summed E-state index contributed by atoms with van der Waals surface area (Å²) >= 11 is 0. The molecule has 1 amide bonds. The second-order valence-electron chi connectivity index (χ2n) is 16.4. The van der Waals surface area contributed by atoms with E-state index in [0.29, 0.717) is 5.56 Å². The maximum Gasteiger partial charge on any atom is 0.494 e. The Morgan fingerprint density at radius 3 is 2.22 bits per heavy atom. The molecule has 2 aliphatic carbocycles. The van der Waals surface area contributed by atoms with Gasteiger partial charge in [0.15, 0.2) is 17.9 Å². The van der Waals surface area contributed by atoms with Crippen molar-refractivity contribution in [2.45, 2.75) is 108 Å². The number of rotatable bonds is 10. The average Bonchev–Trinajstić information content (AvgIpc) is 3.42. The third-order valence-corrected chi connectivity index (χ3v) is 12.2. The number of aliphatic hydroxyl groups is 2. The molecule has 2 aliphatic heterocycles. The van der Waals surface area contributed by atoms with Gasteiger partial charge in [0.1, 0.15) is 42.2 Å². The van der Waals surface area contributed by atoms with Gasteiger partial charge in [-0.3, -0.25) is 14.4 Å². The second-order valence-corrected chi connectivity index (χ2v) is 16.4. The highest BCUT2D eigenvalue weighted by atomic mass is 16.7. The topological polar surface area (TPSA) is 226 Å². The Hall–Kier alpha value is -4.88. The summed E-state index contributed by atoms with van der Waals surface area (Å²) in [5, 5.41) is 47.7. The van der Waals surface area contributed by atoms with Crippen molar-refractivity contribution < 1.29 is 72.6 Å². The van der Waals surface area contributed by atoms with Crippen LogP contribution in [0.5, 0.6) is 17.2 Å². The molecule has 5 N–H and O–H groups in total. The van der Waals surface area contributed by atoms with E-state index >= 15 is 0 Å². The van der Waals surface area contributed by atoms with E-state index in [9.17, 15) is 39.6 Å². The Balaban J connectivity index is 1.11. The van der Waals surface area contributed by atoms with Gasteiger partial charge in [0.2, 0.25) is 5.78 Å². The standard InChI is InChI=1S/C42H48BNO15/c1-20-38(54-7)25(44-39(51)55-19-21-11-13-22(14-12-21)43-58-40(2,3)41(4,5)59-43)15-29(56-20)57-27-17-42(52,28(46)18-45)16-24-31(27)37(50)33-32(35(24)48)34(47)23-9-8-10-26(53-6)30(23)36(33)49/h8-14,20,25,27,29,38,45,48,50,52H,15-19H2,1-7H3,(H,44,51)/t20-,25-,27-,29-,38-,42-/m0/s1. The van der Waals surface area contributed by atoms with Gasteiger partial charge in [0, 0.05) is 43.1 Å². The summed E-state index contributed by atoms with van der Waals surface area (Å²) in [6.45, 7) is 8.44. The minimum absolute atomic E-state index is 0.0569. The summed E-state index contributed by atoms with van der Waals surface area (Å²) < 4.78 is 41.3. The molecule has 3 aromatic carbocycles. The van der Waals surface area contributed by atoms with Crippen LogP contribution in [0.25, 0.3) is 0 Å². The van der Waals surface area contributed by atoms with Gasteiger partial charge in [-0.15, -0.1) is 0 Å². The van der Waals surface area contributed by atoms with Crippen LogP contribution in [0.4, 0.5) is 4.79 Å². The number of phenolic OH excluding ortho intramolecular Hbond substituents is 2. The number of alkyl carbamates (subject to hydrolysis) is 1. The molecule has 0 bridgehead atoms. The molecule has 16 nitrogen and oxygen atoms in total. The first kappa shape index (κ1) is 42.3. The maximum absolute atomic E-state index is 14.0. The second kappa shape index (κ2) is 15.6. The van der Waals surface area contributed by atoms with E-state index in [4.69, 9.17) is 33.0 Å². The Morgan fingerprint density at radius 1 is 0.932 bits per heavy atom. The largest absolute Gasteiger partial charge is 0.507 e. The number of Topliss-reactive ketones (excluding diaryl/α,β-unsaturated/α-hetero) is 1. The van der Waals surface area contributed by atoms with E-state index in [1.54, 1.807) is 19.1 Å². The van der Waals surface area contributed by atoms with Crippen molar-refractivity contribution >= 4 is 36.0 Å². The SMILES string of the molecule is COc1cccc2c1C(=O)c1c(O)c3c(c(O)c1C2=O)C[C@@](O)(C(=O)CO)C[C@@H]3O[C@H]1C[C@H](NC(=O)OCc2ccc(B3OC(C)(C)C(C)(C)O3)cc2)[C@@H](OC)[C@H](C)O1. The first-order valence-electron chi connectivity index (χ1n) is 19.3. The number of methoxy groups -OCH3 is 2. The molecule has 17 heteroatoms. The number of hydrogen-bond donors (Lipinski definition) is 5. The number of carbonyl (C=O) groups excluding carboxylic acids is 4. The summed E-state index contributed by atoms with van der Waals surface area (Å²) in [6, 6.07) is 10.9. The van der Waals surface area contributed by atoms with Crippen LogP contribution in [-0.2, 0) is 46.1 Å². The van der Waals surface area contributed by atoms with E-state index in [2.05, 4.69) is 5.32 Å². The summed E-state index contributed by atoms with van der Waals surface area (Å²) in [6.07, 6.45) is -6.00. The number of nitrogens with one attached hydrogen (secondary N) is 1. The van der Waals surface area contributed by atoms with Gasteiger partial charge in [-0.25, -0.2) is 4.79 Å². The van der Waals surface area contributed by atoms with Crippen molar-refractivity contribution in [1.29, 1.82) is 0 Å². The van der Waals surface area contributed by atoms with E-state index in [-0.39, 0.29) is 41.0 Å². The molecule has 4 aliphatic rings. The number of ketones is 3. The zero-order chi connectivity index (χ0) is 42.8. The molecule has 2 saturated heterocycles. The highest BCUT2D eigenvalue weighted by Gasteiger charge is 2.52. The molecule has 0 saturated carbocycles. The fourth-order valence-electron chi connectivity index (χ4n) is 8.30. The minimum Gasteiger partial charge on any atom is -0.507 e. The van der Waals surface area contributed by atoms with Crippen LogP contribution in [0.15, 0.2) is 42.5 Å². The predicted octanol–water partition coefficient (Wildman–Crippen LogP) is 2.92. The van der Waals surface area contributed by atoms with Crippen molar-refractivity contribution in [3.8, 4) is 17.2 Å². The van der Waals surface area contributed by atoms with Gasteiger partial charge in [-0.1, -0.05) is 36.4 Å². The lowest BCUT2D eigenvalue weighted by Gasteiger charge is -2.43. The molecule has 0 radical (unpaired) electrons. The molecule has 6 atom stereocenters. The van der Waals surface area contributed by atoms with Gasteiger partial charge >= 0.3 is 13.2 Å². The molecule has 0 unspecified atom stereocenters.